The van der Waals surface area contributed by atoms with Crippen molar-refractivity contribution < 1.29 is 14.3 Å². The fraction of sp³-hybridized carbons (Fsp3) is 0.333. The Morgan fingerprint density at radius 2 is 2.14 bits per heavy atom. The van der Waals surface area contributed by atoms with Gasteiger partial charge in [-0.25, -0.2) is 4.79 Å². The van der Waals surface area contributed by atoms with Crippen LogP contribution >= 0.6 is 0 Å². The van der Waals surface area contributed by atoms with E-state index in [1.165, 1.54) is 0 Å². The molecular weight excluding hydrogens is 270 g/mol. The summed E-state index contributed by atoms with van der Waals surface area (Å²) < 4.78 is 5.01. The van der Waals surface area contributed by atoms with E-state index in [0.29, 0.717) is 6.42 Å². The van der Waals surface area contributed by atoms with Crippen LogP contribution in [-0.2, 0) is 20.7 Å². The number of carbonyl (C=O) groups excluding carboxylic acids is 2. The molecule has 1 aromatic heterocycles. The summed E-state index contributed by atoms with van der Waals surface area (Å²) in [4.78, 5) is 26.6. The number of nitrogens with one attached hydrogen (secondary N) is 2. The predicted molar refractivity (Wildman–Crippen MR) is 79.6 cm³/mol. The van der Waals surface area contributed by atoms with E-state index in [0.717, 1.165) is 16.5 Å². The van der Waals surface area contributed by atoms with E-state index < -0.39 is 12.0 Å². The third-order valence-corrected chi connectivity index (χ3v) is 3.19. The quantitative estimate of drug-likeness (QED) is 0.682. The molecular formula is C15H19N3O3. The maximum atomic E-state index is 12.0. The Morgan fingerprint density at radius 1 is 1.38 bits per heavy atom. The van der Waals surface area contributed by atoms with E-state index >= 15 is 0 Å². The lowest BCUT2D eigenvalue weighted by Gasteiger charge is -2.16. The lowest BCUT2D eigenvalue weighted by Crippen LogP contribution is -2.45. The van der Waals surface area contributed by atoms with Crippen LogP contribution in [0.3, 0.4) is 0 Å². The molecule has 0 aliphatic carbocycles. The highest BCUT2D eigenvalue weighted by Gasteiger charge is 2.23. The second kappa shape index (κ2) is 6.90. The summed E-state index contributed by atoms with van der Waals surface area (Å²) in [6.07, 6.45) is 2.19. The molecule has 0 aliphatic heterocycles. The van der Waals surface area contributed by atoms with Gasteiger partial charge in [0.25, 0.3) is 0 Å². The molecule has 0 spiro atoms. The number of aromatic nitrogens is 1. The van der Waals surface area contributed by atoms with Crippen molar-refractivity contribution >= 4 is 22.8 Å². The van der Waals surface area contributed by atoms with E-state index in [9.17, 15) is 9.59 Å². The molecule has 0 aliphatic rings. The first-order chi connectivity index (χ1) is 10.2. The number of esters is 1. The van der Waals surface area contributed by atoms with Crippen molar-refractivity contribution in [3.05, 3.63) is 36.0 Å². The van der Waals surface area contributed by atoms with Crippen molar-refractivity contribution in [2.45, 2.75) is 19.4 Å². The van der Waals surface area contributed by atoms with Crippen molar-refractivity contribution in [1.82, 2.24) is 10.3 Å². The predicted octanol–water partition coefficient (Wildman–Crippen LogP) is 0.717. The lowest BCUT2D eigenvalue weighted by molar-refractivity contribution is -0.147. The van der Waals surface area contributed by atoms with Gasteiger partial charge in [0, 0.05) is 23.5 Å². The van der Waals surface area contributed by atoms with Gasteiger partial charge in [-0.3, -0.25) is 4.79 Å². The topological polar surface area (TPSA) is 97.2 Å². The molecule has 6 heteroatoms. The highest BCUT2D eigenvalue weighted by molar-refractivity contribution is 5.87. The Morgan fingerprint density at radius 3 is 2.86 bits per heavy atom. The highest BCUT2D eigenvalue weighted by atomic mass is 16.5. The number of para-hydroxylation sites is 1. The number of aromatic amines is 1. The third-order valence-electron chi connectivity index (χ3n) is 3.19. The van der Waals surface area contributed by atoms with Crippen LogP contribution in [0.5, 0.6) is 0 Å². The molecule has 112 valence electrons. The van der Waals surface area contributed by atoms with Crippen molar-refractivity contribution in [3.8, 4) is 0 Å². The molecule has 4 N–H and O–H groups in total. The lowest BCUT2D eigenvalue weighted by atomic mass is 10.0. The van der Waals surface area contributed by atoms with E-state index in [1.54, 1.807) is 6.92 Å². The van der Waals surface area contributed by atoms with Gasteiger partial charge in [-0.15, -0.1) is 0 Å². The fourth-order valence-corrected chi connectivity index (χ4v) is 2.21. The SMILES string of the molecule is CCOC(=O)C(Cc1c[nH]c2ccccc12)NC(=O)CN. The Hall–Kier alpha value is -2.34. The molecule has 0 fully saturated rings. The molecule has 1 aromatic carbocycles. The molecule has 21 heavy (non-hydrogen) atoms. The molecule has 0 bridgehead atoms. The molecule has 0 radical (unpaired) electrons. The van der Waals surface area contributed by atoms with Crippen LogP contribution in [0.1, 0.15) is 12.5 Å². The molecule has 1 unspecified atom stereocenters. The van der Waals surface area contributed by atoms with Crippen LogP contribution in [0.25, 0.3) is 10.9 Å². The van der Waals surface area contributed by atoms with Crippen molar-refractivity contribution in [1.29, 1.82) is 0 Å². The monoisotopic (exact) mass is 289 g/mol. The standard InChI is InChI=1S/C15H19N3O3/c1-2-21-15(20)13(18-14(19)8-16)7-10-9-17-12-6-4-3-5-11(10)12/h3-6,9,13,17H,2,7-8,16H2,1H3,(H,18,19). The normalized spacial score (nSPS) is 12.1. The maximum Gasteiger partial charge on any atom is 0.328 e. The summed E-state index contributed by atoms with van der Waals surface area (Å²) in [7, 11) is 0. The van der Waals surface area contributed by atoms with Crippen molar-refractivity contribution in [3.63, 3.8) is 0 Å². The number of rotatable bonds is 6. The van der Waals surface area contributed by atoms with Gasteiger partial charge < -0.3 is 20.8 Å². The highest BCUT2D eigenvalue weighted by Crippen LogP contribution is 2.19. The number of nitrogens with two attached hydrogens (primary N) is 1. The smallest absolute Gasteiger partial charge is 0.328 e. The zero-order valence-corrected chi connectivity index (χ0v) is 11.9. The number of hydrogen-bond acceptors (Lipinski definition) is 4. The summed E-state index contributed by atoms with van der Waals surface area (Å²) >= 11 is 0. The van der Waals surface area contributed by atoms with Gasteiger partial charge in [-0.2, -0.15) is 0 Å². The van der Waals surface area contributed by atoms with E-state index in [-0.39, 0.29) is 19.1 Å². The summed E-state index contributed by atoms with van der Waals surface area (Å²) in [5, 5.41) is 3.62. The van der Waals surface area contributed by atoms with Gasteiger partial charge in [0.05, 0.1) is 13.2 Å². The molecule has 0 saturated heterocycles. The van der Waals surface area contributed by atoms with Crippen LogP contribution in [0.15, 0.2) is 30.5 Å². The number of benzene rings is 1. The van der Waals surface area contributed by atoms with E-state index in [1.807, 2.05) is 30.5 Å². The van der Waals surface area contributed by atoms with Crippen LogP contribution in [0.2, 0.25) is 0 Å². The Kier molecular flexibility index (Phi) is 4.94. The van der Waals surface area contributed by atoms with Gasteiger partial charge in [0.2, 0.25) is 5.91 Å². The molecule has 2 rings (SSSR count). The van der Waals surface area contributed by atoms with Crippen LogP contribution < -0.4 is 11.1 Å². The summed E-state index contributed by atoms with van der Waals surface area (Å²) in [6, 6.07) is 7.05. The second-order valence-electron chi connectivity index (χ2n) is 4.64. The molecule has 6 nitrogen and oxygen atoms in total. The first kappa shape index (κ1) is 15.1. The van der Waals surface area contributed by atoms with Crippen LogP contribution in [-0.4, -0.2) is 36.1 Å². The number of hydrogen-bond donors (Lipinski definition) is 3. The minimum atomic E-state index is -0.736. The summed E-state index contributed by atoms with van der Waals surface area (Å²) in [5.74, 6) is -0.836. The van der Waals surface area contributed by atoms with Gasteiger partial charge in [-0.05, 0) is 18.6 Å². The van der Waals surface area contributed by atoms with Gasteiger partial charge >= 0.3 is 5.97 Å². The average Bonchev–Trinajstić information content (AvgIpc) is 2.90. The Balaban J connectivity index is 2.21. The molecule has 0 saturated carbocycles. The molecule has 1 atom stereocenters. The number of fused-ring (bicyclic) bond motifs is 1. The Bertz CT molecular complexity index is 636. The van der Waals surface area contributed by atoms with Gasteiger partial charge in [0.1, 0.15) is 6.04 Å². The maximum absolute atomic E-state index is 12.0. The Labute approximate surface area is 122 Å². The van der Waals surface area contributed by atoms with Crippen molar-refractivity contribution in [2.24, 2.45) is 5.73 Å². The second-order valence-corrected chi connectivity index (χ2v) is 4.64. The molecule has 1 heterocycles. The first-order valence-corrected chi connectivity index (χ1v) is 6.86. The number of amides is 1. The minimum absolute atomic E-state index is 0.163. The molecule has 1 amide bonds. The number of H-pyrrole nitrogens is 1. The largest absolute Gasteiger partial charge is 0.464 e. The van der Waals surface area contributed by atoms with Crippen LogP contribution in [0.4, 0.5) is 0 Å². The first-order valence-electron chi connectivity index (χ1n) is 6.86. The van der Waals surface area contributed by atoms with Gasteiger partial charge in [-0.1, -0.05) is 18.2 Å². The number of carbonyl (C=O) groups is 2. The van der Waals surface area contributed by atoms with Crippen LogP contribution in [0, 0.1) is 0 Å². The van der Waals surface area contributed by atoms with Gasteiger partial charge in [0.15, 0.2) is 0 Å². The minimum Gasteiger partial charge on any atom is -0.464 e. The zero-order valence-electron chi connectivity index (χ0n) is 11.9. The average molecular weight is 289 g/mol. The fourth-order valence-electron chi connectivity index (χ4n) is 2.21. The number of ether oxygens (including phenoxy) is 1. The van der Waals surface area contributed by atoms with Crippen molar-refractivity contribution in [2.75, 3.05) is 13.2 Å². The third kappa shape index (κ3) is 3.61. The summed E-state index contributed by atoms with van der Waals surface area (Å²) in [6.45, 7) is 1.83. The summed E-state index contributed by atoms with van der Waals surface area (Å²) in [5.41, 5.74) is 7.22. The molecule has 2 aromatic rings. The van der Waals surface area contributed by atoms with E-state index in [4.69, 9.17) is 10.5 Å². The zero-order chi connectivity index (χ0) is 15.2. The van der Waals surface area contributed by atoms with E-state index in [2.05, 4.69) is 10.3 Å².